The SMILES string of the molecule is CC(CCc1ccco1)NC(=O)CCc1nc2sc3c(c2c(=O)[nH]1)CCC3. The Hall–Kier alpha value is -2.41. The Bertz CT molecular complexity index is 1000. The lowest BCUT2D eigenvalue weighted by Crippen LogP contribution is -2.33. The highest BCUT2D eigenvalue weighted by Crippen LogP contribution is 2.34. The first kappa shape index (κ1) is 18.0. The van der Waals surface area contributed by atoms with Crippen LogP contribution in [0.1, 0.15) is 48.2 Å². The number of hydrogen-bond acceptors (Lipinski definition) is 5. The van der Waals surface area contributed by atoms with Gasteiger partial charge in [-0.3, -0.25) is 9.59 Å². The molecule has 0 radical (unpaired) electrons. The van der Waals surface area contributed by atoms with Crippen molar-refractivity contribution in [3.63, 3.8) is 0 Å². The minimum Gasteiger partial charge on any atom is -0.469 e. The molecule has 1 amide bonds. The van der Waals surface area contributed by atoms with E-state index in [4.69, 9.17) is 4.42 Å². The summed E-state index contributed by atoms with van der Waals surface area (Å²) in [6, 6.07) is 3.87. The molecule has 7 heteroatoms. The average Bonchev–Trinajstić information content (AvgIpc) is 3.34. The van der Waals surface area contributed by atoms with E-state index in [2.05, 4.69) is 15.3 Å². The van der Waals surface area contributed by atoms with Gasteiger partial charge in [-0.2, -0.15) is 0 Å². The van der Waals surface area contributed by atoms with Crippen LogP contribution in [-0.2, 0) is 30.5 Å². The summed E-state index contributed by atoms with van der Waals surface area (Å²) in [5.74, 6) is 1.48. The van der Waals surface area contributed by atoms with Crippen LogP contribution >= 0.6 is 11.3 Å². The van der Waals surface area contributed by atoms with Gasteiger partial charge in [0.15, 0.2) is 0 Å². The third-order valence-corrected chi connectivity index (χ3v) is 6.21. The summed E-state index contributed by atoms with van der Waals surface area (Å²) >= 11 is 1.62. The Balaban J connectivity index is 1.33. The molecule has 0 bridgehead atoms. The van der Waals surface area contributed by atoms with Crippen molar-refractivity contribution in [2.24, 2.45) is 0 Å². The number of aromatic amines is 1. The molecule has 3 aromatic rings. The molecule has 4 rings (SSSR count). The predicted molar refractivity (Wildman–Crippen MR) is 105 cm³/mol. The molecule has 6 nitrogen and oxygen atoms in total. The van der Waals surface area contributed by atoms with Gasteiger partial charge in [-0.1, -0.05) is 0 Å². The van der Waals surface area contributed by atoms with Crippen molar-refractivity contribution in [1.29, 1.82) is 0 Å². The highest BCUT2D eigenvalue weighted by Gasteiger charge is 2.21. The minimum absolute atomic E-state index is 0.0293. The van der Waals surface area contributed by atoms with Crippen LogP contribution in [0.15, 0.2) is 27.6 Å². The molecule has 0 aliphatic heterocycles. The van der Waals surface area contributed by atoms with Gasteiger partial charge in [0.2, 0.25) is 5.91 Å². The van der Waals surface area contributed by atoms with Crippen molar-refractivity contribution in [2.45, 2.75) is 57.9 Å². The van der Waals surface area contributed by atoms with Gasteiger partial charge in [-0.05, 0) is 50.3 Å². The zero-order valence-electron chi connectivity index (χ0n) is 15.3. The average molecular weight is 385 g/mol. The van der Waals surface area contributed by atoms with E-state index in [-0.39, 0.29) is 17.5 Å². The molecule has 1 atom stereocenters. The van der Waals surface area contributed by atoms with Gasteiger partial charge in [-0.15, -0.1) is 11.3 Å². The monoisotopic (exact) mass is 385 g/mol. The molecule has 0 spiro atoms. The molecule has 3 aromatic heterocycles. The summed E-state index contributed by atoms with van der Waals surface area (Å²) in [7, 11) is 0. The van der Waals surface area contributed by atoms with Gasteiger partial charge in [-0.25, -0.2) is 4.98 Å². The Kier molecular flexibility index (Phi) is 5.11. The summed E-state index contributed by atoms with van der Waals surface area (Å²) in [4.78, 5) is 34.2. The Morgan fingerprint density at radius 2 is 2.30 bits per heavy atom. The molecule has 1 unspecified atom stereocenters. The molecule has 0 saturated heterocycles. The minimum atomic E-state index is -0.0679. The number of thiophene rings is 1. The molecule has 2 N–H and O–H groups in total. The van der Waals surface area contributed by atoms with Crippen molar-refractivity contribution in [2.75, 3.05) is 0 Å². The fraction of sp³-hybridized carbons (Fsp3) is 0.450. The highest BCUT2D eigenvalue weighted by atomic mass is 32.1. The quantitative estimate of drug-likeness (QED) is 0.654. The first-order chi connectivity index (χ1) is 13.1. The predicted octanol–water partition coefficient (Wildman–Crippen LogP) is 3.14. The Labute approximate surface area is 161 Å². The van der Waals surface area contributed by atoms with Crippen molar-refractivity contribution in [1.82, 2.24) is 15.3 Å². The van der Waals surface area contributed by atoms with Crippen LogP contribution in [0.3, 0.4) is 0 Å². The molecule has 0 fully saturated rings. The van der Waals surface area contributed by atoms with Gasteiger partial charge < -0.3 is 14.7 Å². The number of rotatable bonds is 7. The summed E-state index contributed by atoms with van der Waals surface area (Å²) < 4.78 is 5.31. The van der Waals surface area contributed by atoms with Gasteiger partial charge in [0, 0.05) is 30.2 Å². The van der Waals surface area contributed by atoms with Crippen molar-refractivity contribution >= 4 is 27.5 Å². The smallest absolute Gasteiger partial charge is 0.259 e. The number of nitrogens with zero attached hydrogens (tertiary/aromatic N) is 1. The van der Waals surface area contributed by atoms with Crippen LogP contribution < -0.4 is 10.9 Å². The number of nitrogens with one attached hydrogen (secondary N) is 2. The number of carbonyl (C=O) groups is 1. The number of carbonyl (C=O) groups excluding carboxylic acids is 1. The molecule has 0 aromatic carbocycles. The maximum Gasteiger partial charge on any atom is 0.259 e. The van der Waals surface area contributed by atoms with Gasteiger partial charge in [0.05, 0.1) is 11.6 Å². The van der Waals surface area contributed by atoms with Crippen LogP contribution in [0.2, 0.25) is 0 Å². The van der Waals surface area contributed by atoms with Gasteiger partial charge >= 0.3 is 0 Å². The molecular formula is C20H23N3O3S. The van der Waals surface area contributed by atoms with Crippen LogP contribution in [0.25, 0.3) is 10.2 Å². The normalized spacial score (nSPS) is 14.4. The fourth-order valence-corrected chi connectivity index (χ4v) is 4.91. The van der Waals surface area contributed by atoms with Crippen molar-refractivity contribution in [3.8, 4) is 0 Å². The molecule has 27 heavy (non-hydrogen) atoms. The molecule has 3 heterocycles. The number of aromatic nitrogens is 2. The van der Waals surface area contributed by atoms with E-state index >= 15 is 0 Å². The van der Waals surface area contributed by atoms with E-state index in [1.165, 1.54) is 10.4 Å². The molecule has 1 aliphatic rings. The van der Waals surface area contributed by atoms with Gasteiger partial charge in [0.1, 0.15) is 16.4 Å². The van der Waals surface area contributed by atoms with Crippen molar-refractivity contribution < 1.29 is 9.21 Å². The Morgan fingerprint density at radius 1 is 1.41 bits per heavy atom. The summed E-state index contributed by atoms with van der Waals surface area (Å²) in [5, 5.41) is 3.75. The first-order valence-electron chi connectivity index (χ1n) is 9.45. The lowest BCUT2D eigenvalue weighted by atomic mass is 10.1. The second kappa shape index (κ2) is 7.68. The van der Waals surface area contributed by atoms with E-state index in [0.717, 1.165) is 48.1 Å². The van der Waals surface area contributed by atoms with Gasteiger partial charge in [0.25, 0.3) is 5.56 Å². The summed E-state index contributed by atoms with van der Waals surface area (Å²) in [6.07, 6.45) is 7.16. The fourth-order valence-electron chi connectivity index (χ4n) is 3.63. The number of furan rings is 1. The molecule has 0 saturated carbocycles. The maximum absolute atomic E-state index is 12.4. The summed E-state index contributed by atoms with van der Waals surface area (Å²) in [6.45, 7) is 1.99. The number of aryl methyl sites for hydroxylation is 4. The lowest BCUT2D eigenvalue weighted by Gasteiger charge is -2.13. The van der Waals surface area contributed by atoms with E-state index in [9.17, 15) is 9.59 Å². The standard InChI is InChI=1S/C20H23N3O3S/c1-12(7-8-13-4-3-11-26-13)21-17(24)10-9-16-22-19(25)18-14-5-2-6-15(14)27-20(18)23-16/h3-4,11-12H,2,5-10H2,1H3,(H,21,24)(H,22,23,25). The molecule has 1 aliphatic carbocycles. The number of hydrogen-bond donors (Lipinski definition) is 2. The van der Waals surface area contributed by atoms with Crippen LogP contribution in [0.4, 0.5) is 0 Å². The second-order valence-corrected chi connectivity index (χ2v) is 8.22. The largest absolute Gasteiger partial charge is 0.469 e. The second-order valence-electron chi connectivity index (χ2n) is 7.14. The van der Waals surface area contributed by atoms with E-state index in [1.54, 1.807) is 17.6 Å². The first-order valence-corrected chi connectivity index (χ1v) is 10.3. The van der Waals surface area contributed by atoms with Crippen LogP contribution in [0, 0.1) is 0 Å². The molecule has 142 valence electrons. The highest BCUT2D eigenvalue weighted by molar-refractivity contribution is 7.18. The number of H-pyrrole nitrogens is 1. The third kappa shape index (κ3) is 3.98. The van der Waals surface area contributed by atoms with E-state index < -0.39 is 0 Å². The Morgan fingerprint density at radius 3 is 3.11 bits per heavy atom. The zero-order valence-corrected chi connectivity index (χ0v) is 16.2. The summed E-state index contributed by atoms with van der Waals surface area (Å²) in [5.41, 5.74) is 1.11. The van der Waals surface area contributed by atoms with Crippen molar-refractivity contribution in [3.05, 3.63) is 50.8 Å². The van der Waals surface area contributed by atoms with Crippen LogP contribution in [-0.4, -0.2) is 21.9 Å². The number of amides is 1. The number of fused-ring (bicyclic) bond motifs is 3. The molecular weight excluding hydrogens is 362 g/mol. The zero-order chi connectivity index (χ0) is 18.8. The lowest BCUT2D eigenvalue weighted by molar-refractivity contribution is -0.121. The third-order valence-electron chi connectivity index (χ3n) is 5.02. The van der Waals surface area contributed by atoms with E-state index in [0.29, 0.717) is 18.7 Å². The van der Waals surface area contributed by atoms with Crippen LogP contribution in [0.5, 0.6) is 0 Å². The van der Waals surface area contributed by atoms with E-state index in [1.807, 2.05) is 19.1 Å². The topological polar surface area (TPSA) is 88.0 Å². The maximum atomic E-state index is 12.4.